The van der Waals surface area contributed by atoms with Gasteiger partial charge in [-0.2, -0.15) is 0 Å². The Balaban J connectivity index is 2.75. The Morgan fingerprint density at radius 1 is 1.47 bits per heavy atom. The monoisotopic (exact) mass is 296 g/mol. The van der Waals surface area contributed by atoms with Gasteiger partial charge in [0.1, 0.15) is 0 Å². The summed E-state index contributed by atoms with van der Waals surface area (Å²) in [6.45, 7) is 11.7. The van der Waals surface area contributed by atoms with Crippen molar-refractivity contribution in [1.29, 1.82) is 0 Å². The summed E-state index contributed by atoms with van der Waals surface area (Å²) in [5.74, 6) is 0. The number of rotatable bonds is 6. The van der Waals surface area contributed by atoms with Gasteiger partial charge in [0.05, 0.1) is 0 Å². The number of likely N-dealkylation sites (N-methyl/N-ethyl adjacent to an activating group) is 1. The van der Waals surface area contributed by atoms with Crippen molar-refractivity contribution in [3.8, 4) is 0 Å². The van der Waals surface area contributed by atoms with Gasteiger partial charge in [-0.1, -0.05) is 47.1 Å². The van der Waals surface area contributed by atoms with E-state index < -0.39 is 0 Å². The van der Waals surface area contributed by atoms with Gasteiger partial charge in [0.2, 0.25) is 0 Å². The molecule has 0 aliphatic carbocycles. The molecule has 0 aliphatic rings. The maximum atomic E-state index is 5.62. The first kappa shape index (κ1) is 14.4. The fourth-order valence-electron chi connectivity index (χ4n) is 1.75. The molecule has 17 heavy (non-hydrogen) atoms. The van der Waals surface area contributed by atoms with Crippen LogP contribution >= 0.6 is 15.9 Å². The summed E-state index contributed by atoms with van der Waals surface area (Å²) in [6.07, 6.45) is 0. The van der Waals surface area contributed by atoms with Crippen molar-refractivity contribution in [2.24, 2.45) is 5.73 Å². The molecule has 0 spiro atoms. The van der Waals surface area contributed by atoms with Crippen LogP contribution in [-0.4, -0.2) is 18.0 Å². The maximum Gasteiger partial charge on any atom is 0.0248 e. The van der Waals surface area contributed by atoms with E-state index in [0.29, 0.717) is 6.54 Å². The van der Waals surface area contributed by atoms with E-state index in [2.05, 4.69) is 59.5 Å². The minimum absolute atomic E-state index is 0.585. The summed E-state index contributed by atoms with van der Waals surface area (Å²) in [7, 11) is 0. The molecule has 1 rings (SSSR count). The largest absolute Gasteiger partial charge is 0.326 e. The SMILES string of the molecule is C=C(C)CN(CC)Cc1ccc(CN)cc1Br. The van der Waals surface area contributed by atoms with Gasteiger partial charge in [-0.25, -0.2) is 0 Å². The lowest BCUT2D eigenvalue weighted by Crippen LogP contribution is -2.24. The molecule has 0 atom stereocenters. The zero-order chi connectivity index (χ0) is 12.8. The van der Waals surface area contributed by atoms with Crippen molar-refractivity contribution in [1.82, 2.24) is 4.90 Å². The van der Waals surface area contributed by atoms with E-state index in [1.54, 1.807) is 0 Å². The van der Waals surface area contributed by atoms with E-state index in [1.165, 1.54) is 11.1 Å². The zero-order valence-electron chi connectivity index (χ0n) is 10.7. The third-order valence-corrected chi connectivity index (χ3v) is 3.43. The summed E-state index contributed by atoms with van der Waals surface area (Å²) in [5, 5.41) is 0. The lowest BCUT2D eigenvalue weighted by Gasteiger charge is -2.21. The third-order valence-electron chi connectivity index (χ3n) is 2.69. The lowest BCUT2D eigenvalue weighted by atomic mass is 10.1. The van der Waals surface area contributed by atoms with Crippen molar-refractivity contribution in [2.75, 3.05) is 13.1 Å². The molecule has 1 aromatic rings. The summed E-state index contributed by atoms with van der Waals surface area (Å²) in [6, 6.07) is 6.34. The van der Waals surface area contributed by atoms with Crippen molar-refractivity contribution in [3.05, 3.63) is 46.0 Å². The van der Waals surface area contributed by atoms with E-state index >= 15 is 0 Å². The van der Waals surface area contributed by atoms with Crippen LogP contribution in [0.1, 0.15) is 25.0 Å². The number of hydrogen-bond acceptors (Lipinski definition) is 2. The van der Waals surface area contributed by atoms with Crippen LogP contribution in [0.3, 0.4) is 0 Å². The number of benzene rings is 1. The third kappa shape index (κ3) is 4.62. The van der Waals surface area contributed by atoms with Gasteiger partial charge in [0, 0.05) is 24.1 Å². The lowest BCUT2D eigenvalue weighted by molar-refractivity contribution is 0.304. The molecule has 0 heterocycles. The number of halogens is 1. The highest BCUT2D eigenvalue weighted by atomic mass is 79.9. The minimum Gasteiger partial charge on any atom is -0.326 e. The van der Waals surface area contributed by atoms with Crippen LogP contribution in [0.4, 0.5) is 0 Å². The predicted octanol–water partition coefficient (Wildman–Crippen LogP) is 3.31. The standard InChI is InChI=1S/C14H21BrN2/c1-4-17(9-11(2)3)10-13-6-5-12(8-16)7-14(13)15/h5-7H,2,4,8-10,16H2,1,3H3. The first-order chi connectivity index (χ1) is 8.06. The first-order valence-corrected chi connectivity index (χ1v) is 6.70. The smallest absolute Gasteiger partial charge is 0.0248 e. The molecule has 2 nitrogen and oxygen atoms in total. The average Bonchev–Trinajstić information content (AvgIpc) is 2.29. The molecule has 94 valence electrons. The van der Waals surface area contributed by atoms with Crippen LogP contribution in [-0.2, 0) is 13.1 Å². The normalized spacial score (nSPS) is 10.9. The minimum atomic E-state index is 0.585. The van der Waals surface area contributed by atoms with Crippen LogP contribution in [0.2, 0.25) is 0 Å². The van der Waals surface area contributed by atoms with E-state index in [9.17, 15) is 0 Å². The van der Waals surface area contributed by atoms with Gasteiger partial charge in [-0.05, 0) is 30.7 Å². The van der Waals surface area contributed by atoms with Crippen molar-refractivity contribution in [2.45, 2.75) is 26.9 Å². The van der Waals surface area contributed by atoms with Gasteiger partial charge in [0.25, 0.3) is 0 Å². The number of hydrogen-bond donors (Lipinski definition) is 1. The molecule has 2 N–H and O–H groups in total. The molecule has 0 aromatic heterocycles. The Labute approximate surface area is 113 Å². The summed E-state index contributed by atoms with van der Waals surface area (Å²) in [4.78, 5) is 2.37. The van der Waals surface area contributed by atoms with Crippen LogP contribution in [0.25, 0.3) is 0 Å². The highest BCUT2D eigenvalue weighted by Gasteiger charge is 2.07. The predicted molar refractivity (Wildman–Crippen MR) is 77.8 cm³/mol. The Kier molecular flexibility index (Phi) is 5.89. The highest BCUT2D eigenvalue weighted by molar-refractivity contribution is 9.10. The molecule has 0 amide bonds. The molecule has 0 aliphatic heterocycles. The summed E-state index contributed by atoms with van der Waals surface area (Å²) < 4.78 is 1.14. The second kappa shape index (κ2) is 6.94. The summed E-state index contributed by atoms with van der Waals surface area (Å²) >= 11 is 3.61. The molecular formula is C14H21BrN2. The fourth-order valence-corrected chi connectivity index (χ4v) is 2.30. The average molecular weight is 297 g/mol. The molecule has 3 heteroatoms. The van der Waals surface area contributed by atoms with E-state index in [1.807, 2.05) is 0 Å². The van der Waals surface area contributed by atoms with Crippen LogP contribution < -0.4 is 5.73 Å². The highest BCUT2D eigenvalue weighted by Crippen LogP contribution is 2.20. The van der Waals surface area contributed by atoms with Gasteiger partial charge in [-0.15, -0.1) is 0 Å². The zero-order valence-corrected chi connectivity index (χ0v) is 12.3. The number of nitrogens with zero attached hydrogens (tertiary/aromatic N) is 1. The Bertz CT molecular complexity index is 388. The van der Waals surface area contributed by atoms with E-state index in [-0.39, 0.29) is 0 Å². The van der Waals surface area contributed by atoms with Crippen molar-refractivity contribution < 1.29 is 0 Å². The van der Waals surface area contributed by atoms with Crippen LogP contribution in [0, 0.1) is 0 Å². The fraction of sp³-hybridized carbons (Fsp3) is 0.429. The second-order valence-electron chi connectivity index (χ2n) is 4.39. The molecule has 0 bridgehead atoms. The van der Waals surface area contributed by atoms with Crippen LogP contribution in [0.5, 0.6) is 0 Å². The molecule has 0 unspecified atom stereocenters. The van der Waals surface area contributed by atoms with Gasteiger partial charge < -0.3 is 5.73 Å². The molecule has 1 aromatic carbocycles. The van der Waals surface area contributed by atoms with Gasteiger partial charge in [0.15, 0.2) is 0 Å². The maximum absolute atomic E-state index is 5.62. The Morgan fingerprint density at radius 2 is 2.18 bits per heavy atom. The number of nitrogens with two attached hydrogens (primary N) is 1. The molecule has 0 saturated heterocycles. The Hall–Kier alpha value is -0.640. The topological polar surface area (TPSA) is 29.3 Å². The quantitative estimate of drug-likeness (QED) is 0.816. The van der Waals surface area contributed by atoms with Gasteiger partial charge >= 0.3 is 0 Å². The molecule has 0 radical (unpaired) electrons. The van der Waals surface area contributed by atoms with Crippen molar-refractivity contribution >= 4 is 15.9 Å². The molecule has 0 fully saturated rings. The molecular weight excluding hydrogens is 276 g/mol. The van der Waals surface area contributed by atoms with Crippen molar-refractivity contribution in [3.63, 3.8) is 0 Å². The van der Waals surface area contributed by atoms with Gasteiger partial charge in [-0.3, -0.25) is 4.90 Å². The Morgan fingerprint density at radius 3 is 2.65 bits per heavy atom. The van der Waals surface area contributed by atoms with Crippen LogP contribution in [0.15, 0.2) is 34.8 Å². The second-order valence-corrected chi connectivity index (χ2v) is 5.24. The summed E-state index contributed by atoms with van der Waals surface area (Å²) in [5.41, 5.74) is 9.27. The van der Waals surface area contributed by atoms with E-state index in [4.69, 9.17) is 5.73 Å². The first-order valence-electron chi connectivity index (χ1n) is 5.91. The molecule has 0 saturated carbocycles. The van der Waals surface area contributed by atoms with E-state index in [0.717, 1.165) is 29.7 Å².